The van der Waals surface area contributed by atoms with Crippen molar-refractivity contribution in [3.63, 3.8) is 0 Å². The molecule has 2 atom stereocenters. The molecule has 56 heavy (non-hydrogen) atoms. The average molecular weight is 720 g/mol. The molecule has 0 saturated carbocycles. The standard InChI is InChI=1S/C51H37N5/c1-4-15-34(16-5-1)35-27-29-37(30-28-35)50-52-49(36-17-6-2-7-18-36)53-51(54-50)38-19-14-22-40(31-38)56-46-26-13-11-24-42(46)44-32-43-41-23-10-12-25-45(41)55(47(43)33-48(44)56)39-20-8-3-9-21-39/h1-33,49-50,52H,(H,53,54). The summed E-state index contributed by atoms with van der Waals surface area (Å²) in [5.41, 5.74) is 12.6. The molecule has 2 unspecified atom stereocenters. The van der Waals surface area contributed by atoms with Gasteiger partial charge >= 0.3 is 0 Å². The fourth-order valence-electron chi connectivity index (χ4n) is 8.54. The Hall–Kier alpha value is -7.21. The van der Waals surface area contributed by atoms with E-state index in [1.807, 2.05) is 0 Å². The number of fused-ring (bicyclic) bond motifs is 6. The van der Waals surface area contributed by atoms with E-state index in [0.29, 0.717) is 0 Å². The van der Waals surface area contributed by atoms with Crippen LogP contribution in [0.3, 0.4) is 0 Å². The minimum absolute atomic E-state index is 0.150. The summed E-state index contributed by atoms with van der Waals surface area (Å²) >= 11 is 0. The molecule has 0 amide bonds. The average Bonchev–Trinajstić information content (AvgIpc) is 3.78. The van der Waals surface area contributed by atoms with Crippen LogP contribution in [0, 0.1) is 0 Å². The molecule has 5 nitrogen and oxygen atoms in total. The highest BCUT2D eigenvalue weighted by Crippen LogP contribution is 2.40. The van der Waals surface area contributed by atoms with Crippen molar-refractivity contribution in [3.05, 3.63) is 217 Å². The highest BCUT2D eigenvalue weighted by atomic mass is 15.3. The Morgan fingerprint density at radius 3 is 1.59 bits per heavy atom. The first-order chi connectivity index (χ1) is 27.8. The van der Waals surface area contributed by atoms with E-state index in [0.717, 1.165) is 39.4 Å². The zero-order valence-corrected chi connectivity index (χ0v) is 30.5. The summed E-state index contributed by atoms with van der Waals surface area (Å²) in [6.07, 6.45) is -0.376. The summed E-state index contributed by atoms with van der Waals surface area (Å²) in [6.45, 7) is 0. The third kappa shape index (κ3) is 5.40. The fraction of sp³-hybridized carbons (Fsp3) is 0.0392. The molecule has 5 heteroatoms. The smallest absolute Gasteiger partial charge is 0.131 e. The maximum absolute atomic E-state index is 5.30. The second-order valence-corrected chi connectivity index (χ2v) is 14.5. The van der Waals surface area contributed by atoms with Gasteiger partial charge in [-0.2, -0.15) is 0 Å². The van der Waals surface area contributed by atoms with Gasteiger partial charge in [-0.15, -0.1) is 0 Å². The number of hydrogen-bond acceptors (Lipinski definition) is 3. The Morgan fingerprint density at radius 2 is 0.911 bits per heavy atom. The molecule has 8 aromatic carbocycles. The van der Waals surface area contributed by atoms with Crippen LogP contribution in [0.1, 0.15) is 29.0 Å². The predicted octanol–water partition coefficient (Wildman–Crippen LogP) is 11.9. The summed E-state index contributed by atoms with van der Waals surface area (Å²) in [5, 5.41) is 12.5. The lowest BCUT2D eigenvalue weighted by Gasteiger charge is -2.32. The van der Waals surface area contributed by atoms with E-state index in [-0.39, 0.29) is 12.3 Å². The van der Waals surface area contributed by atoms with Crippen molar-refractivity contribution in [1.82, 2.24) is 19.8 Å². The second-order valence-electron chi connectivity index (χ2n) is 14.5. The Morgan fingerprint density at radius 1 is 0.375 bits per heavy atom. The van der Waals surface area contributed by atoms with Crippen LogP contribution in [0.15, 0.2) is 205 Å². The van der Waals surface area contributed by atoms with Crippen molar-refractivity contribution in [2.75, 3.05) is 0 Å². The Kier molecular flexibility index (Phi) is 7.64. The van der Waals surface area contributed by atoms with E-state index in [2.05, 4.69) is 220 Å². The number of rotatable bonds is 6. The van der Waals surface area contributed by atoms with Crippen LogP contribution in [-0.2, 0) is 0 Å². The van der Waals surface area contributed by atoms with Crippen LogP contribution < -0.4 is 10.6 Å². The molecule has 1 aliphatic heterocycles. The van der Waals surface area contributed by atoms with Crippen LogP contribution >= 0.6 is 0 Å². The molecule has 1 aliphatic rings. The van der Waals surface area contributed by atoms with Crippen LogP contribution in [-0.4, -0.2) is 15.0 Å². The van der Waals surface area contributed by atoms with Gasteiger partial charge in [-0.3, -0.25) is 5.32 Å². The lowest BCUT2D eigenvalue weighted by atomic mass is 10.0. The van der Waals surface area contributed by atoms with Gasteiger partial charge in [0, 0.05) is 38.5 Å². The van der Waals surface area contributed by atoms with Crippen LogP contribution in [0.2, 0.25) is 0 Å². The monoisotopic (exact) mass is 719 g/mol. The van der Waals surface area contributed by atoms with Crippen molar-refractivity contribution < 1.29 is 0 Å². The van der Waals surface area contributed by atoms with Gasteiger partial charge < -0.3 is 14.5 Å². The van der Waals surface area contributed by atoms with E-state index in [1.54, 1.807) is 0 Å². The van der Waals surface area contributed by atoms with Gasteiger partial charge in [-0.05, 0) is 70.8 Å². The molecule has 0 spiro atoms. The Labute approximate surface area is 324 Å². The zero-order chi connectivity index (χ0) is 37.0. The summed E-state index contributed by atoms with van der Waals surface area (Å²) in [6, 6.07) is 71.6. The van der Waals surface area contributed by atoms with Crippen molar-refractivity contribution in [2.45, 2.75) is 12.3 Å². The van der Waals surface area contributed by atoms with Crippen LogP contribution in [0.5, 0.6) is 0 Å². The lowest BCUT2D eigenvalue weighted by Crippen LogP contribution is -2.45. The molecule has 0 fully saturated rings. The van der Waals surface area contributed by atoms with Gasteiger partial charge in [-0.25, -0.2) is 4.99 Å². The summed E-state index contributed by atoms with van der Waals surface area (Å²) in [4.78, 5) is 5.30. The van der Waals surface area contributed by atoms with Crippen LogP contribution in [0.25, 0.3) is 66.1 Å². The molecule has 2 N–H and O–H groups in total. The molecule has 3 heterocycles. The number of nitrogens with one attached hydrogen (secondary N) is 2. The van der Waals surface area contributed by atoms with Gasteiger partial charge in [0.2, 0.25) is 0 Å². The first-order valence-corrected chi connectivity index (χ1v) is 19.2. The lowest BCUT2D eigenvalue weighted by molar-refractivity contribution is 0.409. The largest absolute Gasteiger partial charge is 0.350 e. The maximum Gasteiger partial charge on any atom is 0.131 e. The number of amidine groups is 1. The topological polar surface area (TPSA) is 46.3 Å². The number of aromatic nitrogens is 2. The minimum Gasteiger partial charge on any atom is -0.350 e. The maximum atomic E-state index is 5.30. The Bertz CT molecular complexity index is 3070. The second kappa shape index (κ2) is 13.3. The van der Waals surface area contributed by atoms with Gasteiger partial charge in [0.1, 0.15) is 18.2 Å². The molecule has 10 aromatic rings. The summed E-state index contributed by atoms with van der Waals surface area (Å²) in [7, 11) is 0. The number of nitrogens with zero attached hydrogens (tertiary/aromatic N) is 3. The normalized spacial score (nSPS) is 15.7. The highest BCUT2D eigenvalue weighted by Gasteiger charge is 2.26. The number of benzene rings is 8. The predicted molar refractivity (Wildman–Crippen MR) is 232 cm³/mol. The van der Waals surface area contributed by atoms with Crippen LogP contribution in [0.4, 0.5) is 0 Å². The van der Waals surface area contributed by atoms with E-state index >= 15 is 0 Å². The van der Waals surface area contributed by atoms with Crippen molar-refractivity contribution in [3.8, 4) is 22.5 Å². The van der Waals surface area contributed by atoms with Gasteiger partial charge in [-0.1, -0.05) is 152 Å². The molecule has 0 saturated heterocycles. The van der Waals surface area contributed by atoms with Crippen molar-refractivity contribution in [1.29, 1.82) is 0 Å². The van der Waals surface area contributed by atoms with Gasteiger partial charge in [0.25, 0.3) is 0 Å². The first kappa shape index (κ1) is 32.2. The number of hydrogen-bond donors (Lipinski definition) is 2. The molecule has 2 aromatic heterocycles. The SMILES string of the molecule is c1ccc(-c2ccc(C3NC(c4cccc(-n5c6ccccc6c6cc7c8ccccc8n(-c8ccccc8)c7cc65)c4)=NC(c4ccccc4)N3)cc2)cc1. The third-order valence-corrected chi connectivity index (χ3v) is 11.2. The van der Waals surface area contributed by atoms with Gasteiger partial charge in [0.05, 0.1) is 22.1 Å². The number of aliphatic imine (C=N–C) groups is 1. The Balaban J connectivity index is 1.06. The van der Waals surface area contributed by atoms with E-state index in [9.17, 15) is 0 Å². The molecule has 266 valence electrons. The molecule has 0 radical (unpaired) electrons. The van der Waals surface area contributed by atoms with E-state index in [1.165, 1.54) is 49.2 Å². The molecule has 0 aliphatic carbocycles. The summed E-state index contributed by atoms with van der Waals surface area (Å²) in [5.74, 6) is 0.851. The van der Waals surface area contributed by atoms with Crippen molar-refractivity contribution in [2.24, 2.45) is 4.99 Å². The molecule has 11 rings (SSSR count). The highest BCUT2D eigenvalue weighted by molar-refractivity contribution is 6.19. The van der Waals surface area contributed by atoms with E-state index < -0.39 is 0 Å². The first-order valence-electron chi connectivity index (χ1n) is 19.2. The number of para-hydroxylation sites is 3. The zero-order valence-electron chi connectivity index (χ0n) is 30.5. The minimum atomic E-state index is -0.226. The van der Waals surface area contributed by atoms with Crippen molar-refractivity contribution >= 4 is 49.4 Å². The quantitative estimate of drug-likeness (QED) is 0.180. The molecular weight excluding hydrogens is 683 g/mol. The molecule has 0 bridgehead atoms. The fourth-order valence-corrected chi connectivity index (χ4v) is 8.54. The molecular formula is C51H37N5. The van der Waals surface area contributed by atoms with E-state index in [4.69, 9.17) is 4.99 Å². The third-order valence-electron chi connectivity index (χ3n) is 11.2. The van der Waals surface area contributed by atoms with Gasteiger partial charge in [0.15, 0.2) is 0 Å². The summed E-state index contributed by atoms with van der Waals surface area (Å²) < 4.78 is 4.81.